The molecule has 1 atom stereocenters. The fourth-order valence-electron chi connectivity index (χ4n) is 3.29. The van der Waals surface area contributed by atoms with Crippen molar-refractivity contribution in [1.82, 2.24) is 20.2 Å². The second kappa shape index (κ2) is 7.95. The number of tetrazole rings is 1. The van der Waals surface area contributed by atoms with Gasteiger partial charge in [0.15, 0.2) is 5.78 Å². The van der Waals surface area contributed by atoms with Crippen LogP contribution in [0.25, 0.3) is 0 Å². The average Bonchev–Trinajstić information content (AvgIpc) is 3.26. The maximum atomic E-state index is 13.6. The number of rotatable bonds is 5. The summed E-state index contributed by atoms with van der Waals surface area (Å²) in [6, 6.07) is 10.9. The minimum Gasteiger partial charge on any atom is -0.464 e. The number of non-ortho nitro benzene ring substituents is 1. The summed E-state index contributed by atoms with van der Waals surface area (Å²) in [4.78, 5) is 36.7. The zero-order valence-corrected chi connectivity index (χ0v) is 16.6. The molecule has 2 heterocycles. The number of hydrogen-bond acceptors (Lipinski definition) is 9. The van der Waals surface area contributed by atoms with Crippen molar-refractivity contribution in [1.29, 1.82) is 0 Å². The lowest BCUT2D eigenvalue weighted by molar-refractivity contribution is -0.384. The Kier molecular flexibility index (Phi) is 5.17. The maximum absolute atomic E-state index is 13.6. The van der Waals surface area contributed by atoms with Gasteiger partial charge in [-0.05, 0) is 16.5 Å². The van der Waals surface area contributed by atoms with Crippen molar-refractivity contribution in [3.8, 4) is 0 Å². The predicted molar refractivity (Wildman–Crippen MR) is 107 cm³/mol. The molecule has 0 saturated carbocycles. The number of allylic oxidation sites excluding steroid dienone is 1. The summed E-state index contributed by atoms with van der Waals surface area (Å²) < 4.78 is 6.15. The molecule has 0 saturated heterocycles. The molecule has 31 heavy (non-hydrogen) atoms. The van der Waals surface area contributed by atoms with Crippen LogP contribution in [0.4, 0.5) is 11.6 Å². The molecule has 2 aromatic carbocycles. The zero-order valence-electron chi connectivity index (χ0n) is 15.9. The molecule has 11 nitrogen and oxygen atoms in total. The number of ether oxygens (including phenoxy) is 1. The van der Waals surface area contributed by atoms with Gasteiger partial charge in [0.25, 0.3) is 5.69 Å². The summed E-state index contributed by atoms with van der Waals surface area (Å²) in [5, 5.41) is 25.6. The van der Waals surface area contributed by atoms with Crippen molar-refractivity contribution in [3.63, 3.8) is 0 Å². The summed E-state index contributed by atoms with van der Waals surface area (Å²) in [5.74, 6) is -1.39. The average molecular weight is 441 g/mol. The molecule has 3 aromatic rings. The fourth-order valence-corrected chi connectivity index (χ4v) is 3.53. The Labute approximate surface area is 179 Å². The Morgan fingerprint density at radius 3 is 2.71 bits per heavy atom. The summed E-state index contributed by atoms with van der Waals surface area (Å²) in [5.41, 5.74) is -0.0749. The van der Waals surface area contributed by atoms with Crippen LogP contribution in [0.1, 0.15) is 22.0 Å². The Hall–Kier alpha value is -4.12. The molecular weight excluding hydrogens is 428 g/mol. The number of benzene rings is 2. The third kappa shape index (κ3) is 3.51. The van der Waals surface area contributed by atoms with Gasteiger partial charge in [-0.2, -0.15) is 4.68 Å². The van der Waals surface area contributed by atoms with Crippen LogP contribution >= 0.6 is 11.6 Å². The van der Waals surface area contributed by atoms with E-state index in [2.05, 4.69) is 20.8 Å². The number of ketones is 1. The molecule has 1 N–H and O–H groups in total. The van der Waals surface area contributed by atoms with Crippen LogP contribution < -0.4 is 5.32 Å². The molecule has 12 heteroatoms. The molecule has 0 amide bonds. The fraction of sp³-hybridized carbons (Fsp3) is 0.105. The van der Waals surface area contributed by atoms with E-state index in [0.717, 1.165) is 13.2 Å². The third-order valence-corrected chi connectivity index (χ3v) is 5.01. The number of nitrogens with zero attached hydrogens (tertiary/aromatic N) is 5. The minimum atomic E-state index is -0.985. The van der Waals surface area contributed by atoms with E-state index in [9.17, 15) is 19.7 Å². The zero-order chi connectivity index (χ0) is 22.1. The van der Waals surface area contributed by atoms with Crippen LogP contribution in [0.15, 0.2) is 59.8 Å². The van der Waals surface area contributed by atoms with E-state index >= 15 is 0 Å². The van der Waals surface area contributed by atoms with Gasteiger partial charge < -0.3 is 10.1 Å². The number of aromatic nitrogens is 4. The number of nitro benzene ring substituents is 1. The minimum absolute atomic E-state index is 0.000908. The third-order valence-electron chi connectivity index (χ3n) is 4.67. The number of Topliss-reactive ketones (excluding diaryl/α,β-unsaturated/α-hetero) is 1. The number of esters is 1. The number of anilines is 1. The highest BCUT2D eigenvalue weighted by molar-refractivity contribution is 6.31. The van der Waals surface area contributed by atoms with Crippen molar-refractivity contribution >= 4 is 35.0 Å². The highest BCUT2D eigenvalue weighted by Gasteiger charge is 2.39. The Morgan fingerprint density at radius 2 is 2.00 bits per heavy atom. The Balaban J connectivity index is 1.97. The first-order valence-corrected chi connectivity index (χ1v) is 9.21. The van der Waals surface area contributed by atoms with Crippen molar-refractivity contribution < 1.29 is 19.2 Å². The van der Waals surface area contributed by atoms with E-state index in [-0.39, 0.29) is 28.5 Å². The standard InChI is InChI=1S/C19H13ClN6O5/c1-31-18(28)15-14(17(27)10-5-4-6-11(9-10)26(29)30)16(12-7-2-3-8-13(12)20)25-19(21-15)22-23-24-25/h2-9,16H,1H3,(H,21,22,24)/t16-/m0/s1. The lowest BCUT2D eigenvalue weighted by atomic mass is 9.89. The van der Waals surface area contributed by atoms with Gasteiger partial charge in [0.05, 0.1) is 17.6 Å². The second-order valence-electron chi connectivity index (χ2n) is 6.41. The summed E-state index contributed by atoms with van der Waals surface area (Å²) in [7, 11) is 1.16. The lowest BCUT2D eigenvalue weighted by Gasteiger charge is -2.28. The van der Waals surface area contributed by atoms with Crippen LogP contribution in [0.5, 0.6) is 0 Å². The highest BCUT2D eigenvalue weighted by Crippen LogP contribution is 2.39. The van der Waals surface area contributed by atoms with E-state index in [0.29, 0.717) is 10.6 Å². The molecule has 1 aliphatic heterocycles. The van der Waals surface area contributed by atoms with Gasteiger partial charge in [0, 0.05) is 28.3 Å². The Morgan fingerprint density at radius 1 is 1.23 bits per heavy atom. The number of nitro groups is 1. The first-order chi connectivity index (χ1) is 14.9. The molecule has 1 aromatic heterocycles. The van der Waals surface area contributed by atoms with Gasteiger partial charge in [0.2, 0.25) is 5.95 Å². The summed E-state index contributed by atoms with van der Waals surface area (Å²) in [6.45, 7) is 0. The number of fused-ring (bicyclic) bond motifs is 1. The number of hydrogen-bond donors (Lipinski definition) is 1. The van der Waals surface area contributed by atoms with Gasteiger partial charge >= 0.3 is 5.97 Å². The maximum Gasteiger partial charge on any atom is 0.355 e. The van der Waals surface area contributed by atoms with Gasteiger partial charge in [-0.15, -0.1) is 0 Å². The molecule has 1 aliphatic rings. The van der Waals surface area contributed by atoms with Crippen LogP contribution in [0.2, 0.25) is 5.02 Å². The van der Waals surface area contributed by atoms with Crippen LogP contribution in [0, 0.1) is 10.1 Å². The quantitative estimate of drug-likeness (QED) is 0.274. The van der Waals surface area contributed by atoms with Gasteiger partial charge in [-0.3, -0.25) is 14.9 Å². The lowest BCUT2D eigenvalue weighted by Crippen LogP contribution is -2.33. The largest absolute Gasteiger partial charge is 0.464 e. The monoisotopic (exact) mass is 440 g/mol. The van der Waals surface area contributed by atoms with E-state index in [4.69, 9.17) is 16.3 Å². The summed E-state index contributed by atoms with van der Waals surface area (Å²) in [6.07, 6.45) is 0. The Bertz CT molecular complexity index is 1250. The molecule has 4 rings (SSSR count). The van der Waals surface area contributed by atoms with Crippen molar-refractivity contribution in [2.75, 3.05) is 12.4 Å². The second-order valence-corrected chi connectivity index (χ2v) is 6.82. The molecule has 156 valence electrons. The highest BCUT2D eigenvalue weighted by atomic mass is 35.5. The number of halogens is 1. The van der Waals surface area contributed by atoms with Gasteiger partial charge in [-0.25, -0.2) is 4.79 Å². The topological polar surface area (TPSA) is 142 Å². The van der Waals surface area contributed by atoms with E-state index < -0.39 is 22.7 Å². The molecule has 0 spiro atoms. The SMILES string of the molecule is COC(=O)C1=C(C(=O)c2cccc([N+](=O)[O-])c2)[C@H](c2ccccc2Cl)n2nnnc2N1. The normalized spacial score (nSPS) is 15.1. The van der Waals surface area contributed by atoms with Crippen LogP contribution in [-0.2, 0) is 9.53 Å². The molecule has 0 unspecified atom stereocenters. The molecule has 0 aliphatic carbocycles. The van der Waals surface area contributed by atoms with E-state index in [1.807, 2.05) is 0 Å². The first kappa shape index (κ1) is 20.2. The van der Waals surface area contributed by atoms with E-state index in [1.54, 1.807) is 24.3 Å². The molecule has 0 bridgehead atoms. The molecular formula is C19H13ClN6O5. The van der Waals surface area contributed by atoms with E-state index in [1.165, 1.54) is 22.9 Å². The van der Waals surface area contributed by atoms with Crippen LogP contribution in [-0.4, -0.2) is 44.0 Å². The van der Waals surface area contributed by atoms with Crippen molar-refractivity contribution in [2.24, 2.45) is 0 Å². The molecule has 0 radical (unpaired) electrons. The number of methoxy groups -OCH3 is 1. The predicted octanol–water partition coefficient (Wildman–Crippen LogP) is 2.56. The van der Waals surface area contributed by atoms with Gasteiger partial charge in [-0.1, -0.05) is 47.0 Å². The van der Waals surface area contributed by atoms with Crippen molar-refractivity contribution in [2.45, 2.75) is 6.04 Å². The molecule has 0 fully saturated rings. The summed E-state index contributed by atoms with van der Waals surface area (Å²) >= 11 is 6.39. The number of carbonyl (C=O) groups excluding carboxylic acids is 2. The number of carbonyl (C=O) groups is 2. The van der Waals surface area contributed by atoms with Gasteiger partial charge in [0.1, 0.15) is 11.7 Å². The smallest absolute Gasteiger partial charge is 0.355 e. The van der Waals surface area contributed by atoms with Crippen LogP contribution in [0.3, 0.4) is 0 Å². The number of nitrogens with one attached hydrogen (secondary N) is 1. The first-order valence-electron chi connectivity index (χ1n) is 8.83. The van der Waals surface area contributed by atoms with Crippen molar-refractivity contribution in [3.05, 3.63) is 86.1 Å².